The Labute approximate surface area is 110 Å². The van der Waals surface area contributed by atoms with Crippen LogP contribution in [0.4, 0.5) is 5.69 Å². The van der Waals surface area contributed by atoms with E-state index in [0.717, 1.165) is 0 Å². The van der Waals surface area contributed by atoms with Gasteiger partial charge in [0.25, 0.3) is 0 Å². The molecule has 0 bridgehead atoms. The van der Waals surface area contributed by atoms with E-state index in [1.165, 1.54) is 0 Å². The van der Waals surface area contributed by atoms with Gasteiger partial charge in [0.1, 0.15) is 5.69 Å². The zero-order valence-corrected chi connectivity index (χ0v) is 12.6. The molecule has 1 N–H and O–H groups in total. The van der Waals surface area contributed by atoms with Gasteiger partial charge in [0.15, 0.2) is 5.69 Å². The quantitative estimate of drug-likeness (QED) is 0.512. The van der Waals surface area contributed by atoms with Crippen molar-refractivity contribution in [2.45, 2.75) is 36.3 Å². The second-order valence-electron chi connectivity index (χ2n) is 4.50. The van der Waals surface area contributed by atoms with Gasteiger partial charge in [-0.3, -0.25) is 15.2 Å². The van der Waals surface area contributed by atoms with Crippen LogP contribution < -0.4 is 0 Å². The molecule has 5 nitrogen and oxygen atoms in total. The highest BCUT2D eigenvalue weighted by molar-refractivity contribution is 9.09. The third-order valence-electron chi connectivity index (χ3n) is 2.08. The summed E-state index contributed by atoms with van der Waals surface area (Å²) >= 11 is 6.78. The lowest BCUT2D eigenvalue weighted by Gasteiger charge is -2.14. The zero-order chi connectivity index (χ0) is 12.7. The van der Waals surface area contributed by atoms with Crippen molar-refractivity contribution >= 4 is 37.5 Å². The van der Waals surface area contributed by atoms with Gasteiger partial charge in [-0.25, -0.2) is 0 Å². The van der Waals surface area contributed by atoms with Crippen molar-refractivity contribution in [1.82, 2.24) is 10.2 Å². The summed E-state index contributed by atoms with van der Waals surface area (Å²) in [5, 5.41) is 17.9. The third-order valence-corrected chi connectivity index (χ3v) is 2.85. The van der Waals surface area contributed by atoms with Crippen molar-refractivity contribution in [2.75, 3.05) is 0 Å². The maximum Gasteiger partial charge on any atom is 0.315 e. The van der Waals surface area contributed by atoms with Crippen LogP contribution in [-0.4, -0.2) is 15.1 Å². The molecule has 0 spiro atoms. The largest absolute Gasteiger partial charge is 0.315 e. The molecule has 0 aliphatic heterocycles. The van der Waals surface area contributed by atoms with Crippen molar-refractivity contribution in [2.24, 2.45) is 0 Å². The first-order valence-electron chi connectivity index (χ1n) is 4.66. The second-order valence-corrected chi connectivity index (χ2v) is 8.46. The molecule has 1 aromatic rings. The van der Waals surface area contributed by atoms with Crippen LogP contribution in [0.25, 0.3) is 0 Å². The Morgan fingerprint density at radius 2 is 1.75 bits per heavy atom. The number of rotatable bonds is 3. The molecule has 0 saturated carbocycles. The van der Waals surface area contributed by atoms with Crippen LogP contribution in [-0.2, 0) is 8.65 Å². The van der Waals surface area contributed by atoms with Gasteiger partial charge in [-0.15, -0.1) is 0 Å². The number of H-pyrrole nitrogens is 1. The van der Waals surface area contributed by atoms with E-state index in [9.17, 15) is 10.1 Å². The molecule has 0 aliphatic carbocycles. The summed E-state index contributed by atoms with van der Waals surface area (Å²) in [5.74, 6) is 0. The van der Waals surface area contributed by atoms with Gasteiger partial charge in [0.05, 0.1) is 13.6 Å². The topological polar surface area (TPSA) is 71.8 Å². The van der Waals surface area contributed by atoms with Crippen molar-refractivity contribution < 1.29 is 4.92 Å². The highest BCUT2D eigenvalue weighted by Crippen LogP contribution is 2.42. The average molecular weight is 355 g/mol. The molecule has 1 rings (SSSR count). The summed E-state index contributed by atoms with van der Waals surface area (Å²) in [6, 6.07) is 0. The first kappa shape index (κ1) is 13.6. The summed E-state index contributed by atoms with van der Waals surface area (Å²) in [5.41, 5.74) is 0.906. The molecule has 16 heavy (non-hydrogen) atoms. The fraction of sp³-hybridized carbons (Fsp3) is 0.667. The second kappa shape index (κ2) is 4.10. The maximum absolute atomic E-state index is 11.1. The van der Waals surface area contributed by atoms with Crippen molar-refractivity contribution in [3.63, 3.8) is 0 Å². The molecule has 0 aliphatic rings. The van der Waals surface area contributed by atoms with Crippen LogP contribution in [0.15, 0.2) is 0 Å². The van der Waals surface area contributed by atoms with Crippen molar-refractivity contribution in [3.8, 4) is 0 Å². The Bertz CT molecular complexity index is 384. The number of halogens is 2. The molecular weight excluding hydrogens is 342 g/mol. The number of alkyl halides is 2. The fourth-order valence-corrected chi connectivity index (χ4v) is 1.90. The number of nitrogens with zero attached hydrogens (tertiary/aromatic N) is 2. The minimum Gasteiger partial charge on any atom is -0.274 e. The van der Waals surface area contributed by atoms with E-state index in [4.69, 9.17) is 0 Å². The predicted octanol–water partition coefficient (Wildman–Crippen LogP) is 3.58. The van der Waals surface area contributed by atoms with Gasteiger partial charge in [0.2, 0.25) is 0 Å². The fourth-order valence-electron chi connectivity index (χ4n) is 1.34. The lowest BCUT2D eigenvalue weighted by atomic mass is 10.0. The number of aromatic nitrogens is 2. The Balaban J connectivity index is 3.47. The molecule has 0 amide bonds. The lowest BCUT2D eigenvalue weighted by Crippen LogP contribution is -2.13. The summed E-state index contributed by atoms with van der Waals surface area (Å²) in [6.45, 7) is 7.30. The van der Waals surface area contributed by atoms with E-state index >= 15 is 0 Å². The lowest BCUT2D eigenvalue weighted by molar-refractivity contribution is -0.386. The van der Waals surface area contributed by atoms with E-state index in [1.807, 2.05) is 27.7 Å². The molecule has 0 atom stereocenters. The third kappa shape index (κ3) is 2.63. The number of hydrogen-bond acceptors (Lipinski definition) is 3. The van der Waals surface area contributed by atoms with Gasteiger partial charge in [0, 0.05) is 0 Å². The van der Waals surface area contributed by atoms with Gasteiger partial charge in [-0.2, -0.15) is 5.10 Å². The maximum atomic E-state index is 11.1. The smallest absolute Gasteiger partial charge is 0.274 e. The Morgan fingerprint density at radius 3 is 2.06 bits per heavy atom. The molecule has 0 aromatic carbocycles. The van der Waals surface area contributed by atoms with Gasteiger partial charge >= 0.3 is 5.69 Å². The Kier molecular flexibility index (Phi) is 3.50. The van der Waals surface area contributed by atoms with E-state index in [2.05, 4.69) is 42.1 Å². The van der Waals surface area contributed by atoms with E-state index in [-0.39, 0.29) is 5.69 Å². The molecule has 90 valence electrons. The summed E-state index contributed by atoms with van der Waals surface area (Å²) in [6.07, 6.45) is 0. The molecule has 0 fully saturated rings. The molecule has 7 heteroatoms. The van der Waals surface area contributed by atoms with Crippen LogP contribution in [0.2, 0.25) is 0 Å². The molecule has 0 saturated heterocycles. The van der Waals surface area contributed by atoms with Crippen LogP contribution in [0.1, 0.15) is 39.1 Å². The van der Waals surface area contributed by atoms with Crippen molar-refractivity contribution in [1.29, 1.82) is 0 Å². The first-order chi connectivity index (χ1) is 7.05. The van der Waals surface area contributed by atoms with E-state index in [0.29, 0.717) is 11.4 Å². The highest BCUT2D eigenvalue weighted by atomic mass is 79.9. The van der Waals surface area contributed by atoms with E-state index < -0.39 is 13.6 Å². The number of aromatic amines is 1. The molecule has 1 aromatic heterocycles. The standard InChI is InChI=1S/C9H13Br2N3O2/c1-8(2,10)6-5(14(15)16)7(13-12-6)9(3,4)11/h1-4H3,(H,12,13). The SMILES string of the molecule is CC(C)(Br)c1n[nH]c(C(C)(C)Br)c1[N+](=O)[O-]. The highest BCUT2D eigenvalue weighted by Gasteiger charge is 2.38. The Hall–Kier alpha value is -0.430. The van der Waals surface area contributed by atoms with Gasteiger partial charge in [-0.1, -0.05) is 31.9 Å². The summed E-state index contributed by atoms with van der Waals surface area (Å²) in [4.78, 5) is 10.7. The number of hydrogen-bond donors (Lipinski definition) is 1. The summed E-state index contributed by atoms with van der Waals surface area (Å²) < 4.78 is -1.05. The molecule has 1 heterocycles. The summed E-state index contributed by atoms with van der Waals surface area (Å²) in [7, 11) is 0. The number of nitro groups is 1. The minimum absolute atomic E-state index is 0.0313. The predicted molar refractivity (Wildman–Crippen MR) is 69.1 cm³/mol. The minimum atomic E-state index is -0.539. The average Bonchev–Trinajstić information content (AvgIpc) is 2.43. The van der Waals surface area contributed by atoms with Crippen LogP contribution >= 0.6 is 31.9 Å². The van der Waals surface area contributed by atoms with Crippen LogP contribution in [0, 0.1) is 10.1 Å². The first-order valence-corrected chi connectivity index (χ1v) is 6.25. The Morgan fingerprint density at radius 1 is 1.25 bits per heavy atom. The van der Waals surface area contributed by atoms with Gasteiger partial charge < -0.3 is 0 Å². The zero-order valence-electron chi connectivity index (χ0n) is 9.47. The van der Waals surface area contributed by atoms with Crippen LogP contribution in [0.5, 0.6) is 0 Å². The number of nitrogens with one attached hydrogen (secondary N) is 1. The monoisotopic (exact) mass is 353 g/mol. The molecular formula is C9H13Br2N3O2. The molecule has 0 unspecified atom stereocenters. The van der Waals surface area contributed by atoms with Crippen molar-refractivity contribution in [3.05, 3.63) is 21.5 Å². The normalized spacial score (nSPS) is 12.9. The molecule has 0 radical (unpaired) electrons. The van der Waals surface area contributed by atoms with Gasteiger partial charge in [-0.05, 0) is 27.7 Å². The van der Waals surface area contributed by atoms with E-state index in [1.54, 1.807) is 0 Å². The van der Waals surface area contributed by atoms with Crippen LogP contribution in [0.3, 0.4) is 0 Å².